The monoisotopic (exact) mass is 478 g/mol. The average Bonchev–Trinajstić information content (AvgIpc) is 3.25. The predicted octanol–water partition coefficient (Wildman–Crippen LogP) is 3.11. The Bertz CT molecular complexity index is 1220. The van der Waals surface area contributed by atoms with E-state index in [9.17, 15) is 9.59 Å². The summed E-state index contributed by atoms with van der Waals surface area (Å²) in [6.07, 6.45) is 1.54. The highest BCUT2D eigenvalue weighted by Crippen LogP contribution is 2.28. The van der Waals surface area contributed by atoms with E-state index in [4.69, 9.17) is 9.72 Å². The molecule has 2 fully saturated rings. The van der Waals surface area contributed by atoms with E-state index < -0.39 is 0 Å². The van der Waals surface area contributed by atoms with Gasteiger partial charge in [0.2, 0.25) is 5.91 Å². The number of ether oxygens (including phenoxy) is 1. The number of hydrogen-bond acceptors (Lipinski definition) is 6. The number of likely N-dealkylation sites (tertiary alicyclic amines) is 1. The Morgan fingerprint density at radius 3 is 2.50 bits per heavy atom. The van der Waals surface area contributed by atoms with E-state index in [2.05, 4.69) is 4.90 Å². The van der Waals surface area contributed by atoms with Crippen molar-refractivity contribution >= 4 is 28.6 Å². The maximum Gasteiger partial charge on any atom is 0.266 e. The van der Waals surface area contributed by atoms with E-state index >= 15 is 0 Å². The van der Waals surface area contributed by atoms with Crippen LogP contribution in [-0.4, -0.2) is 76.4 Å². The summed E-state index contributed by atoms with van der Waals surface area (Å²) in [5.74, 6) is 0.218. The van der Waals surface area contributed by atoms with Crippen LogP contribution in [0.1, 0.15) is 18.4 Å². The number of carbonyl (C=O) groups is 1. The zero-order valence-corrected chi connectivity index (χ0v) is 20.3. The lowest BCUT2D eigenvalue weighted by molar-refractivity contribution is -0.127. The van der Waals surface area contributed by atoms with Crippen LogP contribution in [0.4, 0.5) is 0 Å². The van der Waals surface area contributed by atoms with Crippen LogP contribution in [0.2, 0.25) is 0 Å². The molecule has 1 aromatic heterocycles. The van der Waals surface area contributed by atoms with Crippen LogP contribution in [0.25, 0.3) is 16.6 Å². The third-order valence-corrected chi connectivity index (χ3v) is 7.59. The number of rotatable bonds is 7. The summed E-state index contributed by atoms with van der Waals surface area (Å²) in [6.45, 7) is 7.50. The number of amides is 1. The Labute approximate surface area is 203 Å². The standard InChI is InChI=1S/C26H30N4O3S/c1-19-8-10-20(11-9-19)30-25(32)22-5-2-3-6-23(22)27-26(30)34-21(17-28-13-15-33-16-14-28)18-29-12-4-7-24(29)31/h2-3,5-6,8-11,21H,4,7,12-18H2,1H3. The van der Waals surface area contributed by atoms with Gasteiger partial charge in [0.25, 0.3) is 5.56 Å². The van der Waals surface area contributed by atoms with Crippen molar-refractivity contribution in [2.24, 2.45) is 0 Å². The van der Waals surface area contributed by atoms with Gasteiger partial charge in [-0.15, -0.1) is 0 Å². The van der Waals surface area contributed by atoms with Gasteiger partial charge in [-0.1, -0.05) is 41.6 Å². The summed E-state index contributed by atoms with van der Waals surface area (Å²) in [4.78, 5) is 35.3. The van der Waals surface area contributed by atoms with Gasteiger partial charge in [0.1, 0.15) is 0 Å². The Hall–Kier alpha value is -2.68. The van der Waals surface area contributed by atoms with Crippen molar-refractivity contribution in [2.75, 3.05) is 45.9 Å². The first-order valence-corrected chi connectivity index (χ1v) is 12.8. The van der Waals surface area contributed by atoms with Gasteiger partial charge in [-0.2, -0.15) is 0 Å². The van der Waals surface area contributed by atoms with Crippen LogP contribution in [-0.2, 0) is 9.53 Å². The van der Waals surface area contributed by atoms with E-state index in [1.165, 1.54) is 0 Å². The molecule has 8 heteroatoms. The van der Waals surface area contributed by atoms with E-state index in [-0.39, 0.29) is 16.7 Å². The van der Waals surface area contributed by atoms with Crippen LogP contribution in [0.5, 0.6) is 0 Å². The number of hydrogen-bond donors (Lipinski definition) is 0. The third kappa shape index (κ3) is 5.04. The third-order valence-electron chi connectivity index (χ3n) is 6.47. The summed E-state index contributed by atoms with van der Waals surface area (Å²) in [6, 6.07) is 15.5. The molecule has 0 aliphatic carbocycles. The minimum atomic E-state index is -0.0701. The Morgan fingerprint density at radius 1 is 1.00 bits per heavy atom. The number of nitrogens with zero attached hydrogens (tertiary/aromatic N) is 4. The van der Waals surface area contributed by atoms with Gasteiger partial charge in [0.15, 0.2) is 5.16 Å². The molecule has 0 bridgehead atoms. The van der Waals surface area contributed by atoms with Crippen molar-refractivity contribution in [3.63, 3.8) is 0 Å². The molecule has 7 nitrogen and oxygen atoms in total. The lowest BCUT2D eigenvalue weighted by Gasteiger charge is -2.32. The highest BCUT2D eigenvalue weighted by atomic mass is 32.2. The molecule has 2 saturated heterocycles. The lowest BCUT2D eigenvalue weighted by Crippen LogP contribution is -2.44. The van der Waals surface area contributed by atoms with E-state index in [0.717, 1.165) is 57.1 Å². The topological polar surface area (TPSA) is 67.7 Å². The molecule has 0 radical (unpaired) electrons. The molecule has 0 spiro atoms. The summed E-state index contributed by atoms with van der Waals surface area (Å²) < 4.78 is 7.26. The quantitative estimate of drug-likeness (QED) is 0.384. The number of morpholine rings is 1. The first-order valence-electron chi connectivity index (χ1n) is 11.9. The summed E-state index contributed by atoms with van der Waals surface area (Å²) in [5.41, 5.74) is 2.57. The SMILES string of the molecule is Cc1ccc(-n2c(SC(CN3CCOCC3)CN3CCCC3=O)nc3ccccc3c2=O)cc1. The molecule has 5 rings (SSSR count). The Morgan fingerprint density at radius 2 is 1.76 bits per heavy atom. The highest BCUT2D eigenvalue weighted by molar-refractivity contribution is 7.99. The molecule has 1 unspecified atom stereocenters. The molecule has 2 aromatic carbocycles. The van der Waals surface area contributed by atoms with E-state index in [1.54, 1.807) is 16.3 Å². The van der Waals surface area contributed by atoms with Gasteiger partial charge < -0.3 is 9.64 Å². The fourth-order valence-corrected chi connectivity index (χ4v) is 5.89. The minimum absolute atomic E-state index is 0.0701. The van der Waals surface area contributed by atoms with Crippen molar-refractivity contribution < 1.29 is 9.53 Å². The number of thioether (sulfide) groups is 1. The lowest BCUT2D eigenvalue weighted by atomic mass is 10.2. The van der Waals surface area contributed by atoms with Crippen LogP contribution < -0.4 is 5.56 Å². The average molecular weight is 479 g/mol. The molecular formula is C26H30N4O3S. The second-order valence-corrected chi connectivity index (χ2v) is 10.3. The normalized spacial score (nSPS) is 18.0. The van der Waals surface area contributed by atoms with Crippen molar-refractivity contribution in [1.29, 1.82) is 0 Å². The molecule has 1 atom stereocenters. The van der Waals surface area contributed by atoms with Gasteiger partial charge in [0, 0.05) is 44.4 Å². The van der Waals surface area contributed by atoms with Crippen molar-refractivity contribution in [3.05, 3.63) is 64.4 Å². The van der Waals surface area contributed by atoms with Gasteiger partial charge in [-0.25, -0.2) is 4.98 Å². The molecular weight excluding hydrogens is 448 g/mol. The largest absolute Gasteiger partial charge is 0.379 e. The second-order valence-electron chi connectivity index (χ2n) is 8.98. The number of carbonyl (C=O) groups excluding carboxylic acids is 1. The summed E-state index contributed by atoms with van der Waals surface area (Å²) in [7, 11) is 0. The molecule has 3 aromatic rings. The second kappa shape index (κ2) is 10.3. The molecule has 178 valence electrons. The molecule has 2 aliphatic rings. The molecule has 0 saturated carbocycles. The van der Waals surface area contributed by atoms with Gasteiger partial charge >= 0.3 is 0 Å². The van der Waals surface area contributed by atoms with Crippen molar-refractivity contribution in [2.45, 2.75) is 30.2 Å². The van der Waals surface area contributed by atoms with Crippen LogP contribution >= 0.6 is 11.8 Å². The van der Waals surface area contributed by atoms with Gasteiger partial charge in [-0.3, -0.25) is 19.1 Å². The number of aromatic nitrogens is 2. The molecule has 34 heavy (non-hydrogen) atoms. The first-order chi connectivity index (χ1) is 16.6. The zero-order chi connectivity index (χ0) is 23.5. The predicted molar refractivity (Wildman–Crippen MR) is 135 cm³/mol. The molecule has 2 aliphatic heterocycles. The minimum Gasteiger partial charge on any atom is -0.379 e. The summed E-state index contributed by atoms with van der Waals surface area (Å²) >= 11 is 1.60. The Balaban J connectivity index is 1.54. The fraction of sp³-hybridized carbons (Fsp3) is 0.423. The first kappa shape index (κ1) is 23.1. The van der Waals surface area contributed by atoms with Crippen molar-refractivity contribution in [1.82, 2.24) is 19.4 Å². The van der Waals surface area contributed by atoms with Crippen LogP contribution in [0, 0.1) is 6.92 Å². The molecule has 0 N–H and O–H groups in total. The van der Waals surface area contributed by atoms with Crippen LogP contribution in [0.3, 0.4) is 0 Å². The smallest absolute Gasteiger partial charge is 0.266 e. The fourth-order valence-electron chi connectivity index (χ4n) is 4.61. The summed E-state index contributed by atoms with van der Waals surface area (Å²) in [5, 5.41) is 1.36. The maximum absolute atomic E-state index is 13.6. The van der Waals surface area contributed by atoms with Gasteiger partial charge in [0.05, 0.1) is 29.8 Å². The zero-order valence-electron chi connectivity index (χ0n) is 19.5. The number of para-hydroxylation sites is 1. The van der Waals surface area contributed by atoms with E-state index in [0.29, 0.717) is 29.0 Å². The highest BCUT2D eigenvalue weighted by Gasteiger charge is 2.27. The molecule has 1 amide bonds. The number of benzene rings is 2. The number of fused-ring (bicyclic) bond motifs is 1. The maximum atomic E-state index is 13.6. The number of aryl methyl sites for hydroxylation is 1. The Kier molecular flexibility index (Phi) is 6.99. The van der Waals surface area contributed by atoms with Crippen LogP contribution in [0.15, 0.2) is 58.5 Å². The van der Waals surface area contributed by atoms with E-state index in [1.807, 2.05) is 60.4 Å². The molecule has 3 heterocycles. The van der Waals surface area contributed by atoms with Gasteiger partial charge in [-0.05, 0) is 37.6 Å². The van der Waals surface area contributed by atoms with Crippen molar-refractivity contribution in [3.8, 4) is 5.69 Å².